The second kappa shape index (κ2) is 5.35. The molecule has 112 valence electrons. The Bertz CT molecular complexity index is 605. The highest BCUT2D eigenvalue weighted by Gasteiger charge is 2.43. The highest BCUT2D eigenvalue weighted by Crippen LogP contribution is 2.34. The molecular weight excluding hydrogens is 280 g/mol. The topological polar surface area (TPSA) is 63.2 Å². The van der Waals surface area contributed by atoms with E-state index in [9.17, 15) is 23.2 Å². The summed E-state index contributed by atoms with van der Waals surface area (Å²) in [6.45, 7) is 3.57. The van der Waals surface area contributed by atoms with Gasteiger partial charge in [-0.1, -0.05) is 13.8 Å². The molecule has 1 aliphatic carbocycles. The van der Waals surface area contributed by atoms with Gasteiger partial charge in [0, 0.05) is 24.6 Å². The van der Waals surface area contributed by atoms with E-state index in [2.05, 4.69) is 5.32 Å². The Balaban J connectivity index is 2.14. The number of rotatable bonds is 2. The predicted octanol–water partition coefficient (Wildman–Crippen LogP) is 2.48. The summed E-state index contributed by atoms with van der Waals surface area (Å²) < 4.78 is 25.9. The second-order valence-corrected chi connectivity index (χ2v) is 6.00. The Morgan fingerprint density at radius 3 is 2.24 bits per heavy atom. The van der Waals surface area contributed by atoms with E-state index in [4.69, 9.17) is 0 Å². The molecule has 0 spiro atoms. The number of halogens is 2. The first-order chi connectivity index (χ1) is 9.69. The van der Waals surface area contributed by atoms with Gasteiger partial charge in [-0.3, -0.25) is 14.4 Å². The summed E-state index contributed by atoms with van der Waals surface area (Å²) in [4.78, 5) is 35.9. The molecule has 0 aromatic heterocycles. The van der Waals surface area contributed by atoms with Gasteiger partial charge in [-0.2, -0.15) is 0 Å². The molecule has 0 saturated heterocycles. The van der Waals surface area contributed by atoms with Crippen molar-refractivity contribution in [2.75, 3.05) is 5.32 Å². The van der Waals surface area contributed by atoms with Crippen LogP contribution in [-0.2, 0) is 14.4 Å². The molecule has 4 nitrogen and oxygen atoms in total. The van der Waals surface area contributed by atoms with Crippen molar-refractivity contribution in [3.63, 3.8) is 0 Å². The smallest absolute Gasteiger partial charge is 0.242 e. The first kappa shape index (κ1) is 15.3. The van der Waals surface area contributed by atoms with Crippen LogP contribution in [0, 0.1) is 23.0 Å². The molecule has 1 saturated carbocycles. The van der Waals surface area contributed by atoms with Crippen LogP contribution < -0.4 is 5.32 Å². The lowest BCUT2D eigenvalue weighted by Crippen LogP contribution is -2.44. The minimum Gasteiger partial charge on any atom is -0.325 e. The van der Waals surface area contributed by atoms with Gasteiger partial charge in [-0.25, -0.2) is 8.78 Å². The zero-order valence-electron chi connectivity index (χ0n) is 11.7. The van der Waals surface area contributed by atoms with Crippen molar-refractivity contribution in [2.24, 2.45) is 11.3 Å². The number of anilines is 1. The van der Waals surface area contributed by atoms with Gasteiger partial charge in [0.15, 0.2) is 29.1 Å². The van der Waals surface area contributed by atoms with Crippen molar-refractivity contribution in [1.29, 1.82) is 0 Å². The quantitative estimate of drug-likeness (QED) is 0.853. The molecule has 1 N–H and O–H groups in total. The summed E-state index contributed by atoms with van der Waals surface area (Å²) in [6.07, 6.45) is 0.267. The van der Waals surface area contributed by atoms with Crippen LogP contribution in [0.15, 0.2) is 18.2 Å². The molecule has 0 radical (unpaired) electrons. The summed E-state index contributed by atoms with van der Waals surface area (Å²) in [5, 5.41) is 2.28. The van der Waals surface area contributed by atoms with Gasteiger partial charge in [-0.15, -0.1) is 0 Å². The molecule has 0 unspecified atom stereocenters. The molecule has 1 aromatic carbocycles. The van der Waals surface area contributed by atoms with Crippen LogP contribution in [0.25, 0.3) is 0 Å². The summed E-state index contributed by atoms with van der Waals surface area (Å²) in [7, 11) is 0. The fraction of sp³-hybridized carbons (Fsp3) is 0.400. The van der Waals surface area contributed by atoms with Crippen molar-refractivity contribution in [2.45, 2.75) is 26.7 Å². The van der Waals surface area contributed by atoms with Crippen LogP contribution in [-0.4, -0.2) is 17.5 Å². The van der Waals surface area contributed by atoms with Crippen molar-refractivity contribution >= 4 is 23.2 Å². The average Bonchev–Trinajstić information content (AvgIpc) is 2.31. The van der Waals surface area contributed by atoms with Crippen LogP contribution in [0.3, 0.4) is 0 Å². The number of Topliss-reactive ketones (excluding diaryl/α,β-unsaturated/α-hetero) is 2. The molecule has 0 bridgehead atoms. The number of amides is 1. The predicted molar refractivity (Wildman–Crippen MR) is 71.5 cm³/mol. The normalized spacial score (nSPS) is 18.7. The van der Waals surface area contributed by atoms with Crippen molar-refractivity contribution < 1.29 is 23.2 Å². The molecule has 1 fully saturated rings. The van der Waals surface area contributed by atoms with Crippen molar-refractivity contribution in [1.82, 2.24) is 0 Å². The molecule has 0 atom stereocenters. The van der Waals surface area contributed by atoms with Crippen LogP contribution >= 0.6 is 0 Å². The lowest BCUT2D eigenvalue weighted by Gasteiger charge is -2.31. The molecule has 21 heavy (non-hydrogen) atoms. The van der Waals surface area contributed by atoms with Crippen LogP contribution in [0.5, 0.6) is 0 Å². The van der Waals surface area contributed by atoms with Gasteiger partial charge in [0.25, 0.3) is 0 Å². The van der Waals surface area contributed by atoms with Crippen LogP contribution in [0.4, 0.5) is 14.5 Å². The van der Waals surface area contributed by atoms with Gasteiger partial charge in [0.2, 0.25) is 5.91 Å². The van der Waals surface area contributed by atoms with E-state index in [0.717, 1.165) is 18.2 Å². The Labute approximate surface area is 120 Å². The largest absolute Gasteiger partial charge is 0.325 e. The standard InChI is InChI=1S/C15H15F2NO3/c1-15(2)6-11(19)13(12(20)7-15)14(21)18-8-3-4-9(16)10(17)5-8/h3-5,13H,6-7H2,1-2H3,(H,18,21). The maximum Gasteiger partial charge on any atom is 0.242 e. The van der Waals surface area contributed by atoms with Crippen molar-refractivity contribution in [3.8, 4) is 0 Å². The van der Waals surface area contributed by atoms with Gasteiger partial charge >= 0.3 is 0 Å². The monoisotopic (exact) mass is 295 g/mol. The fourth-order valence-corrected chi connectivity index (χ4v) is 2.47. The van der Waals surface area contributed by atoms with Crippen LogP contribution in [0.2, 0.25) is 0 Å². The average molecular weight is 295 g/mol. The van der Waals surface area contributed by atoms with E-state index in [-0.39, 0.29) is 18.5 Å². The molecular formula is C15H15F2NO3. The van der Waals surface area contributed by atoms with Gasteiger partial charge in [0.1, 0.15) is 0 Å². The van der Waals surface area contributed by atoms with Gasteiger partial charge in [-0.05, 0) is 17.5 Å². The second-order valence-electron chi connectivity index (χ2n) is 6.00. The summed E-state index contributed by atoms with van der Waals surface area (Å²) in [5.74, 6) is -5.22. The first-order valence-electron chi connectivity index (χ1n) is 6.51. The molecule has 2 rings (SSSR count). The number of benzene rings is 1. The van der Waals surface area contributed by atoms with E-state index >= 15 is 0 Å². The van der Waals surface area contributed by atoms with E-state index in [0.29, 0.717) is 0 Å². The number of hydrogen-bond donors (Lipinski definition) is 1. The Morgan fingerprint density at radius 1 is 1.14 bits per heavy atom. The molecule has 0 aliphatic heterocycles. The first-order valence-corrected chi connectivity index (χ1v) is 6.51. The third kappa shape index (κ3) is 3.32. The third-order valence-corrected chi connectivity index (χ3v) is 3.40. The molecule has 6 heteroatoms. The summed E-state index contributed by atoms with van der Waals surface area (Å²) >= 11 is 0. The Morgan fingerprint density at radius 2 is 1.71 bits per heavy atom. The SMILES string of the molecule is CC1(C)CC(=O)C(C(=O)Nc2ccc(F)c(F)c2)C(=O)C1. The molecule has 1 amide bonds. The third-order valence-electron chi connectivity index (χ3n) is 3.40. The summed E-state index contributed by atoms with van der Waals surface area (Å²) in [6, 6.07) is 2.82. The molecule has 0 heterocycles. The Kier molecular flexibility index (Phi) is 3.89. The number of carbonyl (C=O) groups excluding carboxylic acids is 3. The molecule has 1 aliphatic rings. The van der Waals surface area contributed by atoms with E-state index in [1.807, 2.05) is 0 Å². The highest BCUT2D eigenvalue weighted by atomic mass is 19.2. The molecule has 1 aromatic rings. The lowest BCUT2D eigenvalue weighted by atomic mass is 9.71. The number of hydrogen-bond acceptors (Lipinski definition) is 3. The number of ketones is 2. The van der Waals surface area contributed by atoms with Crippen LogP contribution in [0.1, 0.15) is 26.7 Å². The van der Waals surface area contributed by atoms with Crippen molar-refractivity contribution in [3.05, 3.63) is 29.8 Å². The van der Waals surface area contributed by atoms with E-state index in [1.54, 1.807) is 13.8 Å². The lowest BCUT2D eigenvalue weighted by molar-refractivity contribution is -0.144. The zero-order valence-corrected chi connectivity index (χ0v) is 11.7. The number of nitrogens with one attached hydrogen (secondary N) is 1. The number of carbonyl (C=O) groups is 3. The summed E-state index contributed by atoms with van der Waals surface area (Å²) in [5.41, 5.74) is -0.447. The van der Waals surface area contributed by atoms with E-state index < -0.39 is 40.4 Å². The van der Waals surface area contributed by atoms with Gasteiger partial charge in [0.05, 0.1) is 0 Å². The van der Waals surface area contributed by atoms with Gasteiger partial charge < -0.3 is 5.32 Å². The van der Waals surface area contributed by atoms with E-state index in [1.165, 1.54) is 0 Å². The minimum atomic E-state index is -1.37. The maximum atomic E-state index is 13.1. The fourth-order valence-electron chi connectivity index (χ4n) is 2.47. The minimum absolute atomic E-state index is 0.00401. The zero-order chi connectivity index (χ0) is 15.8. The Hall–Kier alpha value is -2.11. The highest BCUT2D eigenvalue weighted by molar-refractivity contribution is 6.23. The maximum absolute atomic E-state index is 13.1.